The van der Waals surface area contributed by atoms with Crippen molar-refractivity contribution in [3.63, 3.8) is 0 Å². The average molecular weight is 986 g/mol. The minimum atomic E-state index is -1.69. The van der Waals surface area contributed by atoms with Crippen LogP contribution in [0, 0.1) is 12.8 Å². The third kappa shape index (κ3) is 19.8. The Kier molecular flexibility index (Phi) is 22.9. The molecule has 1 aliphatic heterocycles. The Bertz CT molecular complexity index is 2300. The van der Waals surface area contributed by atoms with Crippen LogP contribution in [0.25, 0.3) is 0 Å². The maximum atomic E-state index is 13.9. The fourth-order valence-electron chi connectivity index (χ4n) is 8.01. The van der Waals surface area contributed by atoms with Gasteiger partial charge in [-0.05, 0) is 106 Å². The molecule has 0 aliphatic carbocycles. The van der Waals surface area contributed by atoms with Crippen molar-refractivity contribution in [3.8, 4) is 0 Å². The Hall–Kier alpha value is -7.42. The Morgan fingerprint density at radius 1 is 0.761 bits per heavy atom. The van der Waals surface area contributed by atoms with Crippen LogP contribution in [0.3, 0.4) is 0 Å². The number of likely N-dealkylation sites (tertiary alicyclic amines) is 1. The van der Waals surface area contributed by atoms with E-state index in [1.54, 1.807) is 67.4 Å². The summed E-state index contributed by atoms with van der Waals surface area (Å²) in [6.45, 7) is 6.30. The predicted molar refractivity (Wildman–Crippen MR) is 262 cm³/mol. The van der Waals surface area contributed by atoms with Crippen LogP contribution in [-0.2, 0) is 51.3 Å². The van der Waals surface area contributed by atoms with Gasteiger partial charge in [-0.15, -0.1) is 0 Å². The minimum absolute atomic E-state index is 0.0255. The highest BCUT2D eigenvalue weighted by molar-refractivity contribution is 6.00. The van der Waals surface area contributed by atoms with E-state index in [1.165, 1.54) is 4.90 Å². The lowest BCUT2D eigenvalue weighted by Gasteiger charge is -2.30. The van der Waals surface area contributed by atoms with Crippen LogP contribution in [0.4, 0.5) is 16.2 Å². The Labute approximate surface area is 412 Å². The molecular weight excluding hydrogens is 919 g/mol. The molecule has 1 aromatic heterocycles. The molecule has 2 aromatic carbocycles. The first-order valence-corrected chi connectivity index (χ1v) is 23.9. The zero-order valence-electron chi connectivity index (χ0n) is 40.5. The molecule has 4 rings (SSSR count). The number of benzene rings is 2. The molecule has 7 amide bonds. The van der Waals surface area contributed by atoms with Gasteiger partial charge in [0, 0.05) is 43.6 Å². The van der Waals surface area contributed by atoms with Gasteiger partial charge in [-0.1, -0.05) is 56.7 Å². The fraction of sp³-hybridized carbons (Fsp3) is 0.480. The maximum Gasteiger partial charge on any atom is 0.326 e. The lowest BCUT2D eigenvalue weighted by Crippen LogP contribution is -2.59. The summed E-state index contributed by atoms with van der Waals surface area (Å²) in [5.41, 5.74) is 3.26. The number of nitrogens with zero attached hydrogens (tertiary/aromatic N) is 3. The van der Waals surface area contributed by atoms with Crippen molar-refractivity contribution in [2.75, 3.05) is 36.8 Å². The van der Waals surface area contributed by atoms with Crippen LogP contribution >= 0.6 is 0 Å². The molecule has 9 N–H and O–H groups in total. The molecule has 2 heterocycles. The van der Waals surface area contributed by atoms with E-state index >= 15 is 0 Å². The quantitative estimate of drug-likeness (QED) is 0.0449. The number of aryl methyl sites for hydroxylation is 1. The maximum absolute atomic E-state index is 13.9. The number of hydrogen-bond acceptors (Lipinski definition) is 11. The molecule has 0 radical (unpaired) electrons. The number of aromatic nitrogens is 1. The largest absolute Gasteiger partial charge is 0.481 e. The number of amides is 7. The molecule has 0 spiro atoms. The van der Waals surface area contributed by atoms with Gasteiger partial charge in [0.1, 0.15) is 24.2 Å². The zero-order valence-corrected chi connectivity index (χ0v) is 40.5. The normalized spacial score (nSPS) is 14.4. The Balaban J connectivity index is 1.35. The van der Waals surface area contributed by atoms with Gasteiger partial charge in [-0.3, -0.25) is 43.4 Å². The lowest BCUT2D eigenvalue weighted by molar-refractivity contribution is -0.150. The molecule has 0 unspecified atom stereocenters. The molecule has 0 saturated carbocycles. The summed E-state index contributed by atoms with van der Waals surface area (Å²) in [5.74, 6) is -7.40. The van der Waals surface area contributed by atoms with E-state index in [-0.39, 0.29) is 51.2 Å². The number of carboxylic acid groups (broad SMARTS) is 3. The second kappa shape index (κ2) is 28.9. The number of rotatable bonds is 29. The van der Waals surface area contributed by atoms with Crippen molar-refractivity contribution < 1.29 is 58.5 Å². The first-order valence-electron chi connectivity index (χ1n) is 23.9. The lowest BCUT2D eigenvalue weighted by atomic mass is 10.0. The molecule has 4 atom stereocenters. The first-order chi connectivity index (χ1) is 33.9. The van der Waals surface area contributed by atoms with E-state index in [2.05, 4.69) is 36.9 Å². The molecule has 71 heavy (non-hydrogen) atoms. The van der Waals surface area contributed by atoms with Crippen LogP contribution in [-0.4, -0.2) is 134 Å². The summed E-state index contributed by atoms with van der Waals surface area (Å²) < 4.78 is 0. The number of aliphatic carboxylic acids is 3. The zero-order chi connectivity index (χ0) is 51.9. The molecule has 21 heteroatoms. The summed E-state index contributed by atoms with van der Waals surface area (Å²) in [6.07, 6.45) is 4.17. The van der Waals surface area contributed by atoms with Crippen LogP contribution in [0.15, 0.2) is 72.9 Å². The van der Waals surface area contributed by atoms with E-state index in [0.29, 0.717) is 68.6 Å². The van der Waals surface area contributed by atoms with Crippen LogP contribution in [0.5, 0.6) is 0 Å². The first kappa shape index (κ1) is 56.2. The monoisotopic (exact) mass is 985 g/mol. The van der Waals surface area contributed by atoms with Gasteiger partial charge in [0.05, 0.1) is 25.1 Å². The molecule has 21 nitrogen and oxygen atoms in total. The van der Waals surface area contributed by atoms with E-state index in [9.17, 15) is 58.5 Å². The highest BCUT2D eigenvalue weighted by Crippen LogP contribution is 2.21. The summed E-state index contributed by atoms with van der Waals surface area (Å²) in [7, 11) is 0. The second-order valence-electron chi connectivity index (χ2n) is 17.9. The highest BCUT2D eigenvalue weighted by atomic mass is 16.4. The summed E-state index contributed by atoms with van der Waals surface area (Å²) in [6, 6.07) is 13.4. The van der Waals surface area contributed by atoms with Gasteiger partial charge in [0.15, 0.2) is 0 Å². The van der Waals surface area contributed by atoms with E-state index < -0.39 is 84.1 Å². The van der Waals surface area contributed by atoms with Gasteiger partial charge in [-0.2, -0.15) is 0 Å². The number of carbonyl (C=O) groups excluding carboxylic acids is 6. The van der Waals surface area contributed by atoms with Crippen molar-refractivity contribution in [1.82, 2.24) is 36.1 Å². The number of carboxylic acids is 3. The molecular formula is C50H67N9O12. The third-order valence-corrected chi connectivity index (χ3v) is 11.8. The van der Waals surface area contributed by atoms with Crippen molar-refractivity contribution in [1.29, 1.82) is 0 Å². The van der Waals surface area contributed by atoms with Crippen molar-refractivity contribution in [2.45, 2.75) is 122 Å². The number of hydrogen-bond donors (Lipinski definition) is 9. The van der Waals surface area contributed by atoms with Gasteiger partial charge in [0.2, 0.25) is 29.5 Å². The van der Waals surface area contributed by atoms with Crippen LogP contribution in [0.1, 0.15) is 94.9 Å². The fourth-order valence-corrected chi connectivity index (χ4v) is 8.01. The number of anilines is 2. The van der Waals surface area contributed by atoms with Crippen LogP contribution < -0.4 is 31.9 Å². The summed E-state index contributed by atoms with van der Waals surface area (Å²) in [5, 5.41) is 44.8. The predicted octanol–water partition coefficient (Wildman–Crippen LogP) is 3.67. The molecule has 3 aromatic rings. The molecule has 384 valence electrons. The Morgan fingerprint density at radius 3 is 2.14 bits per heavy atom. The van der Waals surface area contributed by atoms with Crippen molar-refractivity contribution >= 4 is 64.8 Å². The summed E-state index contributed by atoms with van der Waals surface area (Å²) in [4.78, 5) is 122. The van der Waals surface area contributed by atoms with Gasteiger partial charge < -0.3 is 52.1 Å². The third-order valence-electron chi connectivity index (χ3n) is 11.8. The second-order valence-corrected chi connectivity index (χ2v) is 17.9. The van der Waals surface area contributed by atoms with Gasteiger partial charge in [0.25, 0.3) is 0 Å². The van der Waals surface area contributed by atoms with Crippen molar-refractivity contribution in [2.24, 2.45) is 5.92 Å². The van der Waals surface area contributed by atoms with E-state index in [4.69, 9.17) is 0 Å². The van der Waals surface area contributed by atoms with Gasteiger partial charge >= 0.3 is 23.9 Å². The standard InChI is InChI=1S/C50H67N9O12/c1-32(2)45(48(68)59-27-13-18-40(59)49(69)70)57-47(67)39(29-43(62)63)55-46(66)38(54-42(61)28-34-20-22-35(23-21-34)53-50(71)56-37-16-7-6-14-33(37)3)17-9-11-25-52-41(60)19-5-4-12-26-58(31-44(64)65)30-36-15-8-10-24-51-36/h6-8,10,14-16,20-24,32,38-40,45H,4-5,9,11-13,17-19,25-31H2,1-3H3,(H,52,60)(H,54,61)(H,55,66)(H,57,67)(H,62,63)(H,64,65)(H,69,70)(H2,53,56,71)/t38-,39-,40-,45-/m0/s1. The number of para-hydroxylation sites is 1. The van der Waals surface area contributed by atoms with Gasteiger partial charge in [-0.25, -0.2) is 9.59 Å². The summed E-state index contributed by atoms with van der Waals surface area (Å²) >= 11 is 0. The molecule has 1 fully saturated rings. The number of carbonyl (C=O) groups is 9. The molecule has 1 saturated heterocycles. The number of nitrogens with one attached hydrogen (secondary N) is 6. The molecule has 1 aliphatic rings. The number of urea groups is 1. The Morgan fingerprint density at radius 2 is 1.48 bits per heavy atom. The highest BCUT2D eigenvalue weighted by Gasteiger charge is 2.40. The number of unbranched alkanes of at least 4 members (excludes halogenated alkanes) is 3. The average Bonchev–Trinajstić information content (AvgIpc) is 3.82. The minimum Gasteiger partial charge on any atom is -0.481 e. The number of pyridine rings is 1. The van der Waals surface area contributed by atoms with E-state index in [0.717, 1.165) is 11.3 Å². The smallest absolute Gasteiger partial charge is 0.326 e. The van der Waals surface area contributed by atoms with Crippen LogP contribution in [0.2, 0.25) is 0 Å². The van der Waals surface area contributed by atoms with Crippen molar-refractivity contribution in [3.05, 3.63) is 89.7 Å². The topological polar surface area (TPSA) is 306 Å². The molecule has 0 bridgehead atoms. The SMILES string of the molecule is Cc1ccccc1NC(=O)Nc1ccc(CC(=O)N[C@@H](CCCCNC(=O)CCCCCN(CC(=O)O)Cc2ccccn2)C(=O)N[C@@H](CC(=O)O)C(=O)N[C@H](C(=O)N2CCC[C@H]2C(=O)O)C(C)C)cc1. The van der Waals surface area contributed by atoms with E-state index in [1.807, 2.05) is 31.2 Å².